The molecule has 0 bridgehead atoms. The van der Waals surface area contributed by atoms with E-state index in [4.69, 9.17) is 5.73 Å². The molecule has 0 aliphatic heterocycles. The van der Waals surface area contributed by atoms with Gasteiger partial charge in [-0.3, -0.25) is 4.79 Å². The minimum absolute atomic E-state index is 0.200. The van der Waals surface area contributed by atoms with Crippen LogP contribution < -0.4 is 11.1 Å². The van der Waals surface area contributed by atoms with Gasteiger partial charge in [0.2, 0.25) is 5.91 Å². The van der Waals surface area contributed by atoms with Gasteiger partial charge in [-0.05, 0) is 41.4 Å². The van der Waals surface area contributed by atoms with E-state index in [1.165, 1.54) is 0 Å². The number of carbonyl (C=O) groups excluding carboxylic acids is 1. The van der Waals surface area contributed by atoms with Crippen molar-refractivity contribution in [1.82, 2.24) is 4.98 Å². The summed E-state index contributed by atoms with van der Waals surface area (Å²) in [6, 6.07) is 3.52. The average Bonchev–Trinajstić information content (AvgIpc) is 2.21. The highest BCUT2D eigenvalue weighted by Crippen LogP contribution is 2.13. The molecule has 0 aliphatic carbocycles. The van der Waals surface area contributed by atoms with E-state index in [1.54, 1.807) is 25.3 Å². The maximum Gasteiger partial charge on any atom is 0.244 e. The molecule has 1 unspecified atom stereocenters. The number of anilines is 1. The fourth-order valence-corrected chi connectivity index (χ4v) is 1.12. The Bertz CT molecular complexity index is 348. The number of nitrogens with zero attached hydrogens (tertiary/aromatic N) is 1. The van der Waals surface area contributed by atoms with E-state index in [0.29, 0.717) is 12.1 Å². The molecule has 1 heterocycles. The highest BCUT2D eigenvalue weighted by molar-refractivity contribution is 9.10. The number of rotatable bonds is 3. The Morgan fingerprint density at radius 3 is 2.80 bits per heavy atom. The third kappa shape index (κ3) is 3.28. The number of hydrogen-bond donors (Lipinski definition) is 2. The van der Waals surface area contributed by atoms with Crippen LogP contribution in [-0.2, 0) is 4.79 Å². The van der Waals surface area contributed by atoms with Crippen LogP contribution in [0, 0.1) is 0 Å². The Balaban J connectivity index is 2.71. The maximum atomic E-state index is 11.7. The van der Waals surface area contributed by atoms with Crippen LogP contribution in [0.4, 0.5) is 5.69 Å². The number of pyridine rings is 1. The Hall–Kier alpha value is -0.940. The van der Waals surface area contributed by atoms with E-state index in [2.05, 4.69) is 26.2 Å². The van der Waals surface area contributed by atoms with E-state index in [9.17, 15) is 4.79 Å². The van der Waals surface area contributed by atoms with Crippen LogP contribution in [-0.4, -0.2) is 16.4 Å². The quantitative estimate of drug-likeness (QED) is 0.826. The first kappa shape index (κ1) is 12.1. The molecule has 1 aromatic heterocycles. The van der Waals surface area contributed by atoms with E-state index in [0.717, 1.165) is 4.60 Å². The van der Waals surface area contributed by atoms with Crippen LogP contribution in [0.5, 0.6) is 0 Å². The summed E-state index contributed by atoms with van der Waals surface area (Å²) in [7, 11) is 0. The second-order valence-electron chi connectivity index (χ2n) is 3.59. The van der Waals surface area contributed by atoms with Crippen molar-refractivity contribution in [1.29, 1.82) is 0 Å². The van der Waals surface area contributed by atoms with Gasteiger partial charge in [-0.15, -0.1) is 0 Å². The lowest BCUT2D eigenvalue weighted by molar-refractivity contribution is -0.120. The topological polar surface area (TPSA) is 68.0 Å². The Kier molecular flexibility index (Phi) is 3.82. The van der Waals surface area contributed by atoms with E-state index in [-0.39, 0.29) is 5.91 Å². The lowest BCUT2D eigenvalue weighted by Crippen LogP contribution is -2.47. The molecule has 0 saturated carbocycles. The minimum Gasteiger partial charge on any atom is -0.323 e. The molecule has 0 fully saturated rings. The summed E-state index contributed by atoms with van der Waals surface area (Å²) in [6.45, 7) is 3.58. The first-order chi connectivity index (χ1) is 6.95. The maximum absolute atomic E-state index is 11.7. The number of amides is 1. The lowest BCUT2D eigenvalue weighted by Gasteiger charge is -2.21. The molecule has 0 radical (unpaired) electrons. The zero-order valence-electron chi connectivity index (χ0n) is 8.75. The fraction of sp³-hybridized carbons (Fsp3) is 0.400. The molecule has 15 heavy (non-hydrogen) atoms. The van der Waals surface area contributed by atoms with Crippen molar-refractivity contribution in [3.63, 3.8) is 0 Å². The summed E-state index contributed by atoms with van der Waals surface area (Å²) < 4.78 is 0.728. The second-order valence-corrected chi connectivity index (χ2v) is 4.41. The van der Waals surface area contributed by atoms with Gasteiger partial charge in [0, 0.05) is 0 Å². The van der Waals surface area contributed by atoms with E-state index in [1.807, 2.05) is 6.92 Å². The number of nitrogens with two attached hydrogens (primary N) is 1. The molecule has 0 spiro atoms. The molecule has 0 saturated heterocycles. The van der Waals surface area contributed by atoms with Crippen LogP contribution in [0.2, 0.25) is 0 Å². The SMILES string of the molecule is CCC(C)(N)C(=O)Nc1ccc(Br)nc1. The first-order valence-corrected chi connectivity index (χ1v) is 5.47. The average molecular weight is 272 g/mol. The van der Waals surface area contributed by atoms with Gasteiger partial charge in [0.25, 0.3) is 0 Å². The Morgan fingerprint density at radius 2 is 2.33 bits per heavy atom. The van der Waals surface area contributed by atoms with Crippen molar-refractivity contribution >= 4 is 27.5 Å². The summed E-state index contributed by atoms with van der Waals surface area (Å²) in [6.07, 6.45) is 2.16. The smallest absolute Gasteiger partial charge is 0.244 e. The van der Waals surface area contributed by atoms with Gasteiger partial charge in [-0.1, -0.05) is 6.92 Å². The van der Waals surface area contributed by atoms with Gasteiger partial charge in [-0.25, -0.2) is 4.98 Å². The van der Waals surface area contributed by atoms with Gasteiger partial charge in [0.15, 0.2) is 0 Å². The number of nitrogens with one attached hydrogen (secondary N) is 1. The normalized spacial score (nSPS) is 14.4. The summed E-state index contributed by atoms with van der Waals surface area (Å²) in [5, 5.41) is 2.71. The predicted molar refractivity (Wildman–Crippen MR) is 63.5 cm³/mol. The van der Waals surface area contributed by atoms with Crippen LogP contribution in [0.25, 0.3) is 0 Å². The van der Waals surface area contributed by atoms with Crippen molar-refractivity contribution in [2.75, 3.05) is 5.32 Å². The van der Waals surface area contributed by atoms with Crippen molar-refractivity contribution in [3.05, 3.63) is 22.9 Å². The van der Waals surface area contributed by atoms with Gasteiger partial charge in [-0.2, -0.15) is 0 Å². The summed E-state index contributed by atoms with van der Waals surface area (Å²) in [4.78, 5) is 15.7. The Morgan fingerprint density at radius 1 is 1.67 bits per heavy atom. The van der Waals surface area contributed by atoms with E-state index >= 15 is 0 Å². The molecule has 0 aromatic carbocycles. The van der Waals surface area contributed by atoms with Gasteiger partial charge < -0.3 is 11.1 Å². The predicted octanol–water partition coefficient (Wildman–Crippen LogP) is 1.91. The van der Waals surface area contributed by atoms with Crippen molar-refractivity contribution in [2.24, 2.45) is 5.73 Å². The summed E-state index contributed by atoms with van der Waals surface area (Å²) in [5.74, 6) is -0.200. The minimum atomic E-state index is -0.840. The molecule has 1 rings (SSSR count). The van der Waals surface area contributed by atoms with Crippen LogP contribution in [0.1, 0.15) is 20.3 Å². The molecular weight excluding hydrogens is 258 g/mol. The molecule has 1 amide bonds. The summed E-state index contributed by atoms with van der Waals surface area (Å²) >= 11 is 3.22. The second kappa shape index (κ2) is 4.72. The molecule has 5 heteroatoms. The van der Waals surface area contributed by atoms with Crippen LogP contribution in [0.15, 0.2) is 22.9 Å². The molecule has 0 aliphatic rings. The highest BCUT2D eigenvalue weighted by atomic mass is 79.9. The number of halogens is 1. The molecular formula is C10H14BrN3O. The first-order valence-electron chi connectivity index (χ1n) is 4.67. The third-order valence-electron chi connectivity index (χ3n) is 2.24. The lowest BCUT2D eigenvalue weighted by atomic mass is 9.99. The monoisotopic (exact) mass is 271 g/mol. The fourth-order valence-electron chi connectivity index (χ4n) is 0.884. The number of hydrogen-bond acceptors (Lipinski definition) is 3. The van der Waals surface area contributed by atoms with Crippen LogP contribution in [0.3, 0.4) is 0 Å². The Labute approximate surface area is 97.4 Å². The number of aromatic nitrogens is 1. The van der Waals surface area contributed by atoms with Gasteiger partial charge in [0.1, 0.15) is 4.60 Å². The van der Waals surface area contributed by atoms with Crippen molar-refractivity contribution < 1.29 is 4.79 Å². The molecule has 3 N–H and O–H groups in total. The zero-order valence-corrected chi connectivity index (χ0v) is 10.3. The van der Waals surface area contributed by atoms with Gasteiger partial charge in [0.05, 0.1) is 17.4 Å². The molecule has 1 aromatic rings. The van der Waals surface area contributed by atoms with Crippen molar-refractivity contribution in [2.45, 2.75) is 25.8 Å². The standard InChI is InChI=1S/C10H14BrN3O/c1-3-10(2,12)9(15)14-7-4-5-8(11)13-6-7/h4-6H,3,12H2,1-2H3,(H,14,15). The highest BCUT2D eigenvalue weighted by Gasteiger charge is 2.25. The molecule has 82 valence electrons. The molecule has 1 atom stereocenters. The third-order valence-corrected chi connectivity index (χ3v) is 2.71. The largest absolute Gasteiger partial charge is 0.323 e. The van der Waals surface area contributed by atoms with Crippen molar-refractivity contribution in [3.8, 4) is 0 Å². The number of carbonyl (C=O) groups is 1. The van der Waals surface area contributed by atoms with Gasteiger partial charge >= 0.3 is 0 Å². The van der Waals surface area contributed by atoms with Crippen LogP contribution >= 0.6 is 15.9 Å². The molecule has 4 nitrogen and oxygen atoms in total. The van der Waals surface area contributed by atoms with E-state index < -0.39 is 5.54 Å². The zero-order chi connectivity index (χ0) is 11.5. The summed E-state index contributed by atoms with van der Waals surface area (Å²) in [5.41, 5.74) is 5.60.